The molecule has 0 bridgehead atoms. The molecule has 1 fully saturated rings. The van der Waals surface area contributed by atoms with Crippen molar-refractivity contribution in [2.45, 2.75) is 77.7 Å². The summed E-state index contributed by atoms with van der Waals surface area (Å²) in [6.45, 7) is 13.5. The molecule has 0 spiro atoms. The van der Waals surface area contributed by atoms with Crippen LogP contribution in [0.1, 0.15) is 54.9 Å². The van der Waals surface area contributed by atoms with Crippen LogP contribution < -0.4 is 5.73 Å². The van der Waals surface area contributed by atoms with E-state index in [9.17, 15) is 4.79 Å². The van der Waals surface area contributed by atoms with Gasteiger partial charge in [-0.3, -0.25) is 4.79 Å². The Kier molecular flexibility index (Phi) is 3.86. The van der Waals surface area contributed by atoms with Crippen LogP contribution in [0.25, 0.3) is 0 Å². The third kappa shape index (κ3) is 3.69. The van der Waals surface area contributed by atoms with Crippen molar-refractivity contribution in [2.24, 2.45) is 11.7 Å². The second-order valence-electron chi connectivity index (χ2n) is 7.34. The Morgan fingerprint density at radius 1 is 1.33 bits per heavy atom. The van der Waals surface area contributed by atoms with Crippen LogP contribution in [-0.2, 0) is 14.3 Å². The van der Waals surface area contributed by atoms with Crippen molar-refractivity contribution in [3.8, 4) is 0 Å². The summed E-state index contributed by atoms with van der Waals surface area (Å²) in [6, 6.07) is -0.638. The molecule has 0 aromatic carbocycles. The number of hydrogen-bond acceptors (Lipinski definition) is 4. The summed E-state index contributed by atoms with van der Waals surface area (Å²) in [6.07, 6.45) is 0.764. The van der Waals surface area contributed by atoms with Gasteiger partial charge in [0.15, 0.2) is 0 Å². The van der Waals surface area contributed by atoms with Crippen molar-refractivity contribution in [3.05, 3.63) is 0 Å². The van der Waals surface area contributed by atoms with E-state index in [0.717, 1.165) is 6.42 Å². The number of ether oxygens (including phenoxy) is 2. The molecule has 2 atom stereocenters. The van der Waals surface area contributed by atoms with Gasteiger partial charge in [0.1, 0.15) is 11.6 Å². The highest BCUT2D eigenvalue weighted by Gasteiger charge is 2.50. The molecule has 0 aromatic heterocycles. The fourth-order valence-electron chi connectivity index (χ4n) is 2.70. The van der Waals surface area contributed by atoms with E-state index in [0.29, 0.717) is 0 Å². The molecule has 0 aromatic rings. The zero-order valence-electron chi connectivity index (χ0n) is 12.7. The smallest absolute Gasteiger partial charge is 0.323 e. The van der Waals surface area contributed by atoms with E-state index in [-0.39, 0.29) is 17.5 Å². The predicted molar refractivity (Wildman–Crippen MR) is 71.2 cm³/mol. The van der Waals surface area contributed by atoms with Crippen LogP contribution in [-0.4, -0.2) is 28.8 Å². The highest BCUT2D eigenvalue weighted by Crippen LogP contribution is 2.43. The minimum Gasteiger partial charge on any atom is -0.459 e. The van der Waals surface area contributed by atoms with Gasteiger partial charge in [0, 0.05) is 5.92 Å². The fourth-order valence-corrected chi connectivity index (χ4v) is 2.70. The minimum absolute atomic E-state index is 0.0256. The quantitative estimate of drug-likeness (QED) is 0.771. The standard InChI is InChI=1S/C14H27NO3/c1-12(2,3)17-11(16)10(15)9-8-13(4,5)18-14(9,6)7/h9-10H,8,15H2,1-7H3. The van der Waals surface area contributed by atoms with Gasteiger partial charge in [-0.05, 0) is 54.9 Å². The van der Waals surface area contributed by atoms with E-state index < -0.39 is 17.2 Å². The maximum atomic E-state index is 12.0. The first-order valence-electron chi connectivity index (χ1n) is 6.53. The van der Waals surface area contributed by atoms with E-state index in [2.05, 4.69) is 0 Å². The summed E-state index contributed by atoms with van der Waals surface area (Å²) >= 11 is 0. The summed E-state index contributed by atoms with van der Waals surface area (Å²) in [5.74, 6) is -0.371. The van der Waals surface area contributed by atoms with Crippen molar-refractivity contribution >= 4 is 5.97 Å². The molecular weight excluding hydrogens is 230 g/mol. The molecule has 1 saturated heterocycles. The van der Waals surface area contributed by atoms with E-state index >= 15 is 0 Å². The van der Waals surface area contributed by atoms with Crippen molar-refractivity contribution in [2.75, 3.05) is 0 Å². The lowest BCUT2D eigenvalue weighted by Gasteiger charge is -2.31. The molecule has 4 heteroatoms. The molecule has 4 nitrogen and oxygen atoms in total. The SMILES string of the molecule is CC(C)(C)OC(=O)C(N)C1CC(C)(C)OC1(C)C. The number of carbonyl (C=O) groups excluding carboxylic acids is 1. The van der Waals surface area contributed by atoms with Gasteiger partial charge in [-0.1, -0.05) is 0 Å². The Labute approximate surface area is 110 Å². The molecule has 1 heterocycles. The van der Waals surface area contributed by atoms with Crippen LogP contribution in [0, 0.1) is 5.92 Å². The molecule has 2 unspecified atom stereocenters. The van der Waals surface area contributed by atoms with Gasteiger partial charge in [-0.15, -0.1) is 0 Å². The molecule has 1 rings (SSSR count). The molecule has 1 aliphatic rings. The Balaban J connectivity index is 2.79. The zero-order valence-corrected chi connectivity index (χ0v) is 12.7. The summed E-state index contributed by atoms with van der Waals surface area (Å²) in [4.78, 5) is 12.0. The zero-order chi connectivity index (χ0) is 14.4. The second-order valence-corrected chi connectivity index (χ2v) is 7.34. The third-order valence-corrected chi connectivity index (χ3v) is 3.26. The summed E-state index contributed by atoms with van der Waals surface area (Å²) < 4.78 is 11.3. The number of hydrogen-bond donors (Lipinski definition) is 1. The van der Waals surface area contributed by atoms with Gasteiger partial charge in [0.2, 0.25) is 0 Å². The molecule has 2 N–H and O–H groups in total. The van der Waals surface area contributed by atoms with Crippen LogP contribution in [0.3, 0.4) is 0 Å². The predicted octanol–water partition coefficient (Wildman–Crippen LogP) is 2.25. The molecule has 0 saturated carbocycles. The maximum absolute atomic E-state index is 12.0. The van der Waals surface area contributed by atoms with E-state index in [1.165, 1.54) is 0 Å². The van der Waals surface area contributed by atoms with Crippen molar-refractivity contribution in [1.82, 2.24) is 0 Å². The largest absolute Gasteiger partial charge is 0.459 e. The van der Waals surface area contributed by atoms with E-state index in [1.807, 2.05) is 48.5 Å². The summed E-state index contributed by atoms with van der Waals surface area (Å²) in [5.41, 5.74) is 4.92. The molecule has 0 amide bonds. The van der Waals surface area contributed by atoms with E-state index in [1.54, 1.807) is 0 Å². The van der Waals surface area contributed by atoms with Gasteiger partial charge in [0.05, 0.1) is 11.2 Å². The van der Waals surface area contributed by atoms with Crippen LogP contribution >= 0.6 is 0 Å². The molecule has 0 radical (unpaired) electrons. The minimum atomic E-state index is -0.638. The molecule has 1 aliphatic heterocycles. The first-order chi connectivity index (χ1) is 7.84. The first kappa shape index (κ1) is 15.4. The van der Waals surface area contributed by atoms with Gasteiger partial charge in [0.25, 0.3) is 0 Å². The number of carbonyl (C=O) groups is 1. The Morgan fingerprint density at radius 3 is 2.17 bits per heavy atom. The second kappa shape index (κ2) is 4.49. The fraction of sp³-hybridized carbons (Fsp3) is 0.929. The molecular formula is C14H27NO3. The lowest BCUT2D eigenvalue weighted by Crippen LogP contribution is -2.48. The lowest BCUT2D eigenvalue weighted by molar-refractivity contribution is -0.160. The third-order valence-electron chi connectivity index (χ3n) is 3.26. The number of esters is 1. The number of rotatable bonds is 2. The molecule has 18 heavy (non-hydrogen) atoms. The average molecular weight is 257 g/mol. The maximum Gasteiger partial charge on any atom is 0.323 e. The summed E-state index contributed by atoms with van der Waals surface area (Å²) in [7, 11) is 0. The Bertz CT molecular complexity index is 328. The molecule has 106 valence electrons. The number of nitrogens with two attached hydrogens (primary N) is 1. The average Bonchev–Trinajstić information content (AvgIpc) is 2.29. The van der Waals surface area contributed by atoms with Gasteiger partial charge < -0.3 is 15.2 Å². The van der Waals surface area contributed by atoms with Crippen molar-refractivity contribution in [1.29, 1.82) is 0 Å². The monoisotopic (exact) mass is 257 g/mol. The van der Waals surface area contributed by atoms with Gasteiger partial charge >= 0.3 is 5.97 Å². The van der Waals surface area contributed by atoms with Gasteiger partial charge in [-0.25, -0.2) is 0 Å². The summed E-state index contributed by atoms with van der Waals surface area (Å²) in [5, 5.41) is 0. The van der Waals surface area contributed by atoms with Crippen LogP contribution in [0.15, 0.2) is 0 Å². The van der Waals surface area contributed by atoms with E-state index in [4.69, 9.17) is 15.2 Å². The van der Waals surface area contributed by atoms with Crippen LogP contribution in [0.2, 0.25) is 0 Å². The Hall–Kier alpha value is -0.610. The van der Waals surface area contributed by atoms with Crippen molar-refractivity contribution in [3.63, 3.8) is 0 Å². The van der Waals surface area contributed by atoms with Crippen LogP contribution in [0.4, 0.5) is 0 Å². The highest BCUT2D eigenvalue weighted by atomic mass is 16.6. The van der Waals surface area contributed by atoms with Crippen molar-refractivity contribution < 1.29 is 14.3 Å². The Morgan fingerprint density at radius 2 is 1.83 bits per heavy atom. The van der Waals surface area contributed by atoms with Gasteiger partial charge in [-0.2, -0.15) is 0 Å². The first-order valence-corrected chi connectivity index (χ1v) is 6.53. The highest BCUT2D eigenvalue weighted by molar-refractivity contribution is 5.76. The normalized spacial score (nSPS) is 27.9. The lowest BCUT2D eigenvalue weighted by atomic mass is 9.82. The molecule has 0 aliphatic carbocycles. The van der Waals surface area contributed by atoms with Crippen LogP contribution in [0.5, 0.6) is 0 Å². The topological polar surface area (TPSA) is 61.5 Å².